The molecule has 9 nitrogen and oxygen atoms in total. The number of nitrogens with zero attached hydrogens (tertiary/aromatic N) is 3. The summed E-state index contributed by atoms with van der Waals surface area (Å²) in [5, 5.41) is 12.2. The SMILES string of the molecule is CO[C@@H]1CN(c2ncc(C(=O)O)s2)CC[C@@H]1NC(=O)c1nc(C(F)(F)F)c(C)[nH]1. The van der Waals surface area contributed by atoms with E-state index in [2.05, 4.69) is 20.3 Å². The van der Waals surface area contributed by atoms with E-state index in [1.165, 1.54) is 20.2 Å². The van der Waals surface area contributed by atoms with Crippen LogP contribution in [0.1, 0.15) is 38.1 Å². The molecule has 0 spiro atoms. The lowest BCUT2D eigenvalue weighted by atomic mass is 10.0. The van der Waals surface area contributed by atoms with Crippen LogP contribution in [0.25, 0.3) is 0 Å². The summed E-state index contributed by atoms with van der Waals surface area (Å²) in [4.78, 5) is 35.2. The average Bonchev–Trinajstić information content (AvgIpc) is 3.28. The molecule has 0 saturated carbocycles. The molecule has 0 aromatic carbocycles. The van der Waals surface area contributed by atoms with Crippen LogP contribution < -0.4 is 10.2 Å². The van der Waals surface area contributed by atoms with E-state index in [1.807, 2.05) is 4.90 Å². The van der Waals surface area contributed by atoms with Crippen molar-refractivity contribution in [2.24, 2.45) is 0 Å². The Morgan fingerprint density at radius 1 is 1.45 bits per heavy atom. The summed E-state index contributed by atoms with van der Waals surface area (Å²) >= 11 is 1.03. The number of halogens is 3. The predicted octanol–water partition coefficient (Wildman–Crippen LogP) is 1.92. The number of aromatic carboxylic acids is 1. The van der Waals surface area contributed by atoms with Crippen LogP contribution >= 0.6 is 11.3 Å². The molecule has 1 saturated heterocycles. The Morgan fingerprint density at radius 3 is 2.72 bits per heavy atom. The lowest BCUT2D eigenvalue weighted by molar-refractivity contribution is -0.141. The fourth-order valence-corrected chi connectivity index (χ4v) is 3.87. The number of amides is 1. The smallest absolute Gasteiger partial charge is 0.435 e. The van der Waals surface area contributed by atoms with Gasteiger partial charge in [-0.1, -0.05) is 11.3 Å². The number of nitrogens with one attached hydrogen (secondary N) is 2. The van der Waals surface area contributed by atoms with E-state index in [0.29, 0.717) is 24.6 Å². The van der Waals surface area contributed by atoms with Crippen molar-refractivity contribution in [2.45, 2.75) is 31.7 Å². The minimum Gasteiger partial charge on any atom is -0.477 e. The minimum absolute atomic E-state index is 0.109. The first-order valence-electron chi connectivity index (χ1n) is 8.51. The molecule has 158 valence electrons. The van der Waals surface area contributed by atoms with Crippen molar-refractivity contribution in [2.75, 3.05) is 25.1 Å². The van der Waals surface area contributed by atoms with Gasteiger partial charge in [-0.25, -0.2) is 14.8 Å². The number of carbonyl (C=O) groups is 2. The second-order valence-corrected chi connectivity index (χ2v) is 7.47. The molecule has 29 heavy (non-hydrogen) atoms. The van der Waals surface area contributed by atoms with Gasteiger partial charge in [0.25, 0.3) is 5.91 Å². The van der Waals surface area contributed by atoms with Crippen molar-refractivity contribution in [1.82, 2.24) is 20.3 Å². The summed E-state index contributed by atoms with van der Waals surface area (Å²) in [5.74, 6) is -2.24. The van der Waals surface area contributed by atoms with Crippen LogP contribution in [0.15, 0.2) is 6.20 Å². The molecule has 1 aliphatic rings. The molecule has 1 fully saturated rings. The Hall–Kier alpha value is -2.67. The van der Waals surface area contributed by atoms with Crippen LogP contribution in [0, 0.1) is 6.92 Å². The van der Waals surface area contributed by atoms with Crippen molar-refractivity contribution < 1.29 is 32.6 Å². The predicted molar refractivity (Wildman–Crippen MR) is 96.3 cm³/mol. The topological polar surface area (TPSA) is 120 Å². The summed E-state index contributed by atoms with van der Waals surface area (Å²) in [6.07, 6.45) is -3.42. The first kappa shape index (κ1) is 21.0. The van der Waals surface area contributed by atoms with Crippen molar-refractivity contribution in [3.63, 3.8) is 0 Å². The van der Waals surface area contributed by atoms with Crippen LogP contribution in [-0.2, 0) is 10.9 Å². The Balaban J connectivity index is 1.67. The highest BCUT2D eigenvalue weighted by Crippen LogP contribution is 2.30. The molecule has 0 aliphatic carbocycles. The number of piperidine rings is 1. The van der Waals surface area contributed by atoms with Gasteiger partial charge < -0.3 is 25.0 Å². The van der Waals surface area contributed by atoms with Crippen molar-refractivity contribution in [3.8, 4) is 0 Å². The number of anilines is 1. The van der Waals surface area contributed by atoms with E-state index < -0.39 is 41.7 Å². The van der Waals surface area contributed by atoms with E-state index in [-0.39, 0.29) is 10.6 Å². The van der Waals surface area contributed by atoms with E-state index in [4.69, 9.17) is 9.84 Å². The van der Waals surface area contributed by atoms with Gasteiger partial charge in [-0.05, 0) is 13.3 Å². The number of hydrogen-bond acceptors (Lipinski definition) is 7. The molecule has 2 aromatic heterocycles. The van der Waals surface area contributed by atoms with Crippen LogP contribution in [0.5, 0.6) is 0 Å². The minimum atomic E-state index is -4.65. The quantitative estimate of drug-likeness (QED) is 0.659. The first-order valence-corrected chi connectivity index (χ1v) is 9.33. The van der Waals surface area contributed by atoms with Crippen LogP contribution in [0.3, 0.4) is 0 Å². The zero-order chi connectivity index (χ0) is 21.3. The lowest BCUT2D eigenvalue weighted by Crippen LogP contribution is -2.55. The molecule has 0 unspecified atom stereocenters. The Morgan fingerprint density at radius 2 is 2.17 bits per heavy atom. The zero-order valence-electron chi connectivity index (χ0n) is 15.4. The summed E-state index contributed by atoms with van der Waals surface area (Å²) in [6.45, 7) is 1.99. The number of carboxylic acids is 1. The fraction of sp³-hybridized carbons (Fsp3) is 0.500. The summed E-state index contributed by atoms with van der Waals surface area (Å²) in [6, 6.07) is -0.456. The number of imidazole rings is 1. The van der Waals surface area contributed by atoms with Crippen molar-refractivity contribution >= 4 is 28.3 Å². The summed E-state index contributed by atoms with van der Waals surface area (Å²) in [7, 11) is 1.46. The molecular weight excluding hydrogens is 415 g/mol. The molecule has 0 bridgehead atoms. The molecule has 2 aromatic rings. The number of alkyl halides is 3. The number of aryl methyl sites for hydroxylation is 1. The fourth-order valence-electron chi connectivity index (χ4n) is 3.08. The highest BCUT2D eigenvalue weighted by molar-refractivity contribution is 7.17. The number of thiazole rings is 1. The second-order valence-electron chi connectivity index (χ2n) is 6.46. The Bertz CT molecular complexity index is 913. The number of ether oxygens (including phenoxy) is 1. The van der Waals surface area contributed by atoms with Gasteiger partial charge in [0.15, 0.2) is 16.6 Å². The van der Waals surface area contributed by atoms with Gasteiger partial charge in [-0.3, -0.25) is 4.79 Å². The Kier molecular flexibility index (Phi) is 5.80. The van der Waals surface area contributed by atoms with Gasteiger partial charge in [0.1, 0.15) is 4.88 Å². The van der Waals surface area contributed by atoms with Crippen LogP contribution in [0.2, 0.25) is 0 Å². The molecule has 0 radical (unpaired) electrons. The van der Waals surface area contributed by atoms with Crippen LogP contribution in [0.4, 0.5) is 18.3 Å². The molecule has 3 heterocycles. The zero-order valence-corrected chi connectivity index (χ0v) is 16.2. The number of hydrogen-bond donors (Lipinski definition) is 3. The maximum absolute atomic E-state index is 12.9. The van der Waals surface area contributed by atoms with E-state index >= 15 is 0 Å². The summed E-state index contributed by atoms with van der Waals surface area (Å²) in [5.41, 5.74) is -1.36. The van der Waals surface area contributed by atoms with Crippen molar-refractivity contribution in [3.05, 3.63) is 28.3 Å². The normalized spacial score (nSPS) is 20.0. The standard InChI is InChI=1S/C16H18F3N5O4S/c1-7-11(16(17,18)19)23-12(21-7)13(25)22-8-3-4-24(6-9(8)28-2)15-20-5-10(29-15)14(26)27/h5,8-9H,3-4,6H2,1-2H3,(H,21,23)(H,22,25)(H,26,27)/t8-,9+/m0/s1. The van der Waals surface area contributed by atoms with Gasteiger partial charge in [-0.2, -0.15) is 13.2 Å². The molecule has 13 heteroatoms. The number of carbonyl (C=O) groups excluding carboxylic acids is 1. The van der Waals surface area contributed by atoms with Gasteiger partial charge in [0.05, 0.1) is 18.3 Å². The largest absolute Gasteiger partial charge is 0.477 e. The van der Waals surface area contributed by atoms with Gasteiger partial charge in [0.2, 0.25) is 0 Å². The third kappa shape index (κ3) is 4.50. The van der Waals surface area contributed by atoms with Gasteiger partial charge in [0, 0.05) is 25.9 Å². The number of methoxy groups -OCH3 is 1. The van der Waals surface area contributed by atoms with Crippen molar-refractivity contribution in [1.29, 1.82) is 0 Å². The van der Waals surface area contributed by atoms with E-state index in [0.717, 1.165) is 11.3 Å². The number of aromatic amines is 1. The molecule has 1 amide bonds. The monoisotopic (exact) mass is 433 g/mol. The number of rotatable bonds is 5. The number of carboxylic acid groups (broad SMARTS) is 1. The molecule has 3 N–H and O–H groups in total. The number of H-pyrrole nitrogens is 1. The molecule has 2 atom stereocenters. The van der Waals surface area contributed by atoms with E-state index in [1.54, 1.807) is 0 Å². The molecule has 1 aliphatic heterocycles. The summed E-state index contributed by atoms with van der Waals surface area (Å²) < 4.78 is 44.0. The average molecular weight is 433 g/mol. The molecular formula is C16H18F3N5O4S. The van der Waals surface area contributed by atoms with Crippen LogP contribution in [-0.4, -0.2) is 64.3 Å². The third-order valence-electron chi connectivity index (χ3n) is 4.52. The maximum atomic E-state index is 12.9. The highest BCUT2D eigenvalue weighted by atomic mass is 32.1. The lowest BCUT2D eigenvalue weighted by Gasteiger charge is -2.37. The van der Waals surface area contributed by atoms with E-state index in [9.17, 15) is 22.8 Å². The Labute approximate surface area is 166 Å². The third-order valence-corrected chi connectivity index (χ3v) is 5.57. The first-order chi connectivity index (χ1) is 13.6. The number of aromatic nitrogens is 3. The second kappa shape index (κ2) is 7.99. The van der Waals surface area contributed by atoms with Gasteiger partial charge >= 0.3 is 12.1 Å². The molecule has 3 rings (SSSR count). The van der Waals surface area contributed by atoms with Gasteiger partial charge in [-0.15, -0.1) is 0 Å². The maximum Gasteiger partial charge on any atom is 0.435 e. The highest BCUT2D eigenvalue weighted by Gasteiger charge is 2.38.